The molecule has 0 N–H and O–H groups in total. The summed E-state index contributed by atoms with van der Waals surface area (Å²) in [6.45, 7) is 8.44. The Kier molecular flexibility index (Phi) is 4.94. The lowest BCUT2D eigenvalue weighted by atomic mass is 10.2. The molecule has 6 nitrogen and oxygen atoms in total. The van der Waals surface area contributed by atoms with E-state index in [0.29, 0.717) is 18.8 Å². The van der Waals surface area contributed by atoms with Crippen LogP contribution in [0.15, 0.2) is 24.3 Å². The lowest BCUT2D eigenvalue weighted by Gasteiger charge is -2.36. The van der Waals surface area contributed by atoms with Crippen molar-refractivity contribution in [2.45, 2.75) is 26.4 Å². The summed E-state index contributed by atoms with van der Waals surface area (Å²) in [7, 11) is -2.39. The van der Waals surface area contributed by atoms with Crippen LogP contribution in [0.5, 0.6) is 5.75 Å². The van der Waals surface area contributed by atoms with E-state index in [4.69, 9.17) is 13.6 Å². The maximum atomic E-state index is 12.1. The van der Waals surface area contributed by atoms with Gasteiger partial charge in [0.05, 0.1) is 10.7 Å². The molecule has 1 aliphatic rings. The lowest BCUT2D eigenvalue weighted by Crippen LogP contribution is -2.50. The molecule has 1 heterocycles. The van der Waals surface area contributed by atoms with Crippen molar-refractivity contribution in [1.82, 2.24) is 4.90 Å². The molecule has 0 aliphatic carbocycles. The molecule has 6 heteroatoms. The zero-order valence-electron chi connectivity index (χ0n) is 17.6. The van der Waals surface area contributed by atoms with Crippen molar-refractivity contribution < 1.29 is 23.1 Å². The van der Waals surface area contributed by atoms with Gasteiger partial charge in [0.25, 0.3) is 0 Å². The average Bonchev–Trinajstić information content (AvgIpc) is 2.57. The number of hydrogen-bond donors (Lipinski definition) is 0. The Labute approximate surface area is 148 Å². The van der Waals surface area contributed by atoms with Gasteiger partial charge in [-0.3, -0.25) is 0 Å². The molecule has 0 radical (unpaired) electrons. The Hall–Kier alpha value is -1.95. The van der Waals surface area contributed by atoms with Crippen molar-refractivity contribution in [3.8, 4) is 5.75 Å². The number of rotatable bonds is 5. The predicted molar refractivity (Wildman–Crippen MR) is 93.8 cm³/mol. The van der Waals surface area contributed by atoms with Gasteiger partial charge in [-0.1, -0.05) is 0 Å². The number of amides is 1. The summed E-state index contributed by atoms with van der Waals surface area (Å²) in [5.74, 6) is 0.653. The zero-order chi connectivity index (χ0) is 20.1. The molecule has 24 heavy (non-hydrogen) atoms. The van der Waals surface area contributed by atoms with Crippen LogP contribution < -0.4 is 9.64 Å². The lowest BCUT2D eigenvalue weighted by molar-refractivity contribution is 0.0240. The smallest absolute Gasteiger partial charge is 0.410 e. The Bertz CT molecular complexity index is 607. The fraction of sp³-hybridized carbons (Fsp3) is 0.611. The van der Waals surface area contributed by atoms with Crippen molar-refractivity contribution in [2.75, 3.05) is 51.3 Å². The van der Waals surface area contributed by atoms with E-state index < -0.39 is 12.6 Å². The molecule has 1 saturated heterocycles. The van der Waals surface area contributed by atoms with Crippen LogP contribution in [0.25, 0.3) is 0 Å². The fourth-order valence-electron chi connectivity index (χ4n) is 2.43. The summed E-state index contributed by atoms with van der Waals surface area (Å²) in [6, 6.07) is 7.57. The Balaban J connectivity index is 1.77. The van der Waals surface area contributed by atoms with E-state index in [1.165, 1.54) is 0 Å². The Morgan fingerprint density at radius 1 is 1.12 bits per heavy atom. The van der Waals surface area contributed by atoms with Crippen LogP contribution in [0, 0.1) is 0 Å². The molecule has 0 bridgehead atoms. The first kappa shape index (κ1) is 14.4. The van der Waals surface area contributed by atoms with Crippen molar-refractivity contribution in [3.63, 3.8) is 0 Å². The van der Waals surface area contributed by atoms with Crippen LogP contribution in [-0.2, 0) is 9.47 Å². The summed E-state index contributed by atoms with van der Waals surface area (Å²) >= 11 is 0. The van der Waals surface area contributed by atoms with E-state index in [1.807, 2.05) is 45.0 Å². The second-order valence-corrected chi connectivity index (χ2v) is 6.65. The van der Waals surface area contributed by atoms with Crippen LogP contribution in [0.1, 0.15) is 24.9 Å². The van der Waals surface area contributed by atoms with Crippen LogP contribution in [0.2, 0.25) is 0 Å². The normalized spacial score (nSPS) is 17.7. The summed E-state index contributed by atoms with van der Waals surface area (Å²) < 4.78 is 36.4. The Morgan fingerprint density at radius 2 is 1.79 bits per heavy atom. The van der Waals surface area contributed by atoms with Gasteiger partial charge in [-0.25, -0.2) is 4.79 Å². The highest BCUT2D eigenvalue weighted by Gasteiger charge is 2.25. The number of anilines is 1. The van der Waals surface area contributed by atoms with E-state index in [0.717, 1.165) is 18.8 Å². The first-order valence-corrected chi connectivity index (χ1v) is 8.13. The third kappa shape index (κ3) is 5.60. The maximum absolute atomic E-state index is 12.1. The van der Waals surface area contributed by atoms with Crippen molar-refractivity contribution in [3.05, 3.63) is 24.3 Å². The molecule has 1 aromatic rings. The van der Waals surface area contributed by atoms with Gasteiger partial charge >= 0.3 is 6.09 Å². The van der Waals surface area contributed by atoms with Gasteiger partial charge < -0.3 is 24.0 Å². The monoisotopic (exact) mass is 339 g/mol. The highest BCUT2D eigenvalue weighted by Crippen LogP contribution is 2.21. The number of carbonyl (C=O) groups excluding carboxylic acids is 1. The molecule has 1 fully saturated rings. The summed E-state index contributed by atoms with van der Waals surface area (Å²) in [5, 5.41) is 0. The van der Waals surface area contributed by atoms with Crippen LogP contribution in [-0.4, -0.2) is 63.0 Å². The minimum Gasteiger partial charge on any atom is -0.491 e. The molecule has 134 valence electrons. The molecule has 0 saturated carbocycles. The third-order valence-corrected chi connectivity index (χ3v) is 3.59. The topological polar surface area (TPSA) is 51.2 Å². The van der Waals surface area contributed by atoms with Gasteiger partial charge in [-0.2, -0.15) is 0 Å². The van der Waals surface area contributed by atoms with Crippen molar-refractivity contribution in [1.29, 1.82) is 0 Å². The number of hydrogen-bond acceptors (Lipinski definition) is 5. The maximum Gasteiger partial charge on any atom is 0.410 e. The second kappa shape index (κ2) is 8.24. The molecule has 0 spiro atoms. The highest BCUT2D eigenvalue weighted by molar-refractivity contribution is 5.68. The predicted octanol–water partition coefficient (Wildman–Crippen LogP) is 2.77. The average molecular weight is 339 g/mol. The molecule has 1 amide bonds. The van der Waals surface area contributed by atoms with Gasteiger partial charge in [-0.05, 0) is 45.0 Å². The zero-order valence-corrected chi connectivity index (χ0v) is 14.6. The fourth-order valence-corrected chi connectivity index (χ4v) is 2.43. The van der Waals surface area contributed by atoms with E-state index in [2.05, 4.69) is 9.64 Å². The number of nitrogens with zero attached hydrogens (tertiary/aromatic N) is 2. The van der Waals surface area contributed by atoms with Gasteiger partial charge in [0.2, 0.25) is 0 Å². The minimum absolute atomic E-state index is 0.00484. The van der Waals surface area contributed by atoms with Crippen LogP contribution >= 0.6 is 0 Å². The van der Waals surface area contributed by atoms with E-state index in [1.54, 1.807) is 4.90 Å². The first-order chi connectivity index (χ1) is 12.5. The summed E-state index contributed by atoms with van der Waals surface area (Å²) in [6.07, 6.45) is -0.273. The quantitative estimate of drug-likeness (QED) is 0.772. The molecule has 1 aromatic carbocycles. The summed E-state index contributed by atoms with van der Waals surface area (Å²) in [4.78, 5) is 16.0. The molecule has 0 atom stereocenters. The second-order valence-electron chi connectivity index (χ2n) is 6.65. The molecular weight excluding hydrogens is 308 g/mol. The van der Waals surface area contributed by atoms with E-state index in [9.17, 15) is 4.79 Å². The number of piperazine rings is 1. The largest absolute Gasteiger partial charge is 0.491 e. The highest BCUT2D eigenvalue weighted by atomic mass is 16.6. The molecule has 1 aliphatic heterocycles. The number of benzene rings is 1. The standard InChI is InChI=1S/C18H28N2O4/c1-18(2,3)24-17(21)20-11-9-19(10-12-20)15-5-7-16(8-6-15)23-14-13-22-4/h5-8H,9-14H2,1-4H3/i4D3. The number of carbonyl (C=O) groups is 1. The van der Waals surface area contributed by atoms with Crippen molar-refractivity contribution in [2.24, 2.45) is 0 Å². The van der Waals surface area contributed by atoms with Gasteiger partial charge in [0, 0.05) is 38.9 Å². The van der Waals surface area contributed by atoms with Gasteiger partial charge in [0.1, 0.15) is 18.0 Å². The summed E-state index contributed by atoms with van der Waals surface area (Å²) in [5.41, 5.74) is 0.559. The first-order valence-electron chi connectivity index (χ1n) is 9.63. The van der Waals surface area contributed by atoms with Crippen LogP contribution in [0.4, 0.5) is 10.5 Å². The molecular formula is C18H28N2O4. The molecule has 2 rings (SSSR count). The van der Waals surface area contributed by atoms with E-state index >= 15 is 0 Å². The van der Waals surface area contributed by atoms with Gasteiger partial charge in [-0.15, -0.1) is 0 Å². The Morgan fingerprint density at radius 3 is 2.38 bits per heavy atom. The molecule has 0 unspecified atom stereocenters. The van der Waals surface area contributed by atoms with Crippen molar-refractivity contribution >= 4 is 11.8 Å². The third-order valence-electron chi connectivity index (χ3n) is 3.59. The molecule has 0 aromatic heterocycles. The number of methoxy groups -OCH3 is 1. The SMILES string of the molecule is [2H]C([2H])([2H])OCCOc1ccc(N2CCN(C(=O)OC(C)(C)C)CC2)cc1. The van der Waals surface area contributed by atoms with Gasteiger partial charge in [0.15, 0.2) is 0 Å². The minimum atomic E-state index is -2.39. The van der Waals surface area contributed by atoms with E-state index in [-0.39, 0.29) is 19.3 Å². The number of ether oxygens (including phenoxy) is 3. The van der Waals surface area contributed by atoms with Crippen LogP contribution in [0.3, 0.4) is 0 Å².